The van der Waals surface area contributed by atoms with Crippen LogP contribution in [0.3, 0.4) is 0 Å². The standard InChI is InChI=1S/C48H42N2.C7H8/c1-6-15-34(16-7-2)36-21-23-37(24-22-36)38-25-28-41(29-26-38)50-44(9-4)43(8-3)48-46(50)32-31-45(47(48)39-18-11-10-12-19-39)49(5)42-30-27-35-17-13-14-20-40(35)33-42;1-7-5-3-2-4-6-7/h6,8-33H,3-4,7H2,1-2,5H3;2-6H,1H3/b15-6-,34-16+;. The van der Waals surface area contributed by atoms with Crippen LogP contribution in [0.25, 0.3) is 67.3 Å². The quantitative estimate of drug-likeness (QED) is 0.127. The van der Waals surface area contributed by atoms with Crippen molar-refractivity contribution in [3.8, 4) is 27.9 Å². The zero-order valence-corrected chi connectivity index (χ0v) is 33.5. The Labute approximate surface area is 338 Å². The third kappa shape index (κ3) is 8.08. The lowest BCUT2D eigenvalue weighted by Crippen LogP contribution is -2.11. The highest BCUT2D eigenvalue weighted by molar-refractivity contribution is 6.10. The molecule has 0 aliphatic heterocycles. The molecule has 0 spiro atoms. The van der Waals surface area contributed by atoms with Crippen molar-refractivity contribution in [2.45, 2.75) is 27.2 Å². The van der Waals surface area contributed by atoms with Crippen LogP contribution in [0.4, 0.5) is 11.4 Å². The van der Waals surface area contributed by atoms with Crippen molar-refractivity contribution in [3.05, 3.63) is 218 Å². The van der Waals surface area contributed by atoms with E-state index in [4.69, 9.17) is 0 Å². The molecule has 0 aliphatic rings. The average molecular weight is 739 g/mol. The van der Waals surface area contributed by atoms with Crippen LogP contribution in [0.2, 0.25) is 0 Å². The van der Waals surface area contributed by atoms with E-state index >= 15 is 0 Å². The first-order valence-electron chi connectivity index (χ1n) is 19.8. The molecule has 1 heterocycles. The maximum atomic E-state index is 4.31. The first kappa shape index (κ1) is 38.4. The Balaban J connectivity index is 0.000000641. The number of allylic oxidation sites excluding steroid dienone is 4. The molecular formula is C55H50N2. The van der Waals surface area contributed by atoms with Crippen LogP contribution in [0, 0.1) is 6.92 Å². The van der Waals surface area contributed by atoms with Gasteiger partial charge in [0.05, 0.1) is 11.2 Å². The molecular weight excluding hydrogens is 689 g/mol. The molecule has 7 aromatic carbocycles. The van der Waals surface area contributed by atoms with Crippen LogP contribution in [0.15, 0.2) is 195 Å². The summed E-state index contributed by atoms with van der Waals surface area (Å²) in [6.45, 7) is 14.9. The van der Waals surface area contributed by atoms with Crippen molar-refractivity contribution in [1.29, 1.82) is 0 Å². The van der Waals surface area contributed by atoms with Gasteiger partial charge in [0, 0.05) is 40.6 Å². The smallest absolute Gasteiger partial charge is 0.0548 e. The summed E-state index contributed by atoms with van der Waals surface area (Å²) in [7, 11) is 2.16. The van der Waals surface area contributed by atoms with E-state index in [0.717, 1.165) is 51.2 Å². The molecule has 8 rings (SSSR count). The molecule has 0 N–H and O–H groups in total. The summed E-state index contributed by atoms with van der Waals surface area (Å²) in [5.41, 5.74) is 15.0. The maximum Gasteiger partial charge on any atom is 0.0548 e. The summed E-state index contributed by atoms with van der Waals surface area (Å²) in [6, 6.07) is 58.3. The Morgan fingerprint density at radius 2 is 1.28 bits per heavy atom. The van der Waals surface area contributed by atoms with E-state index < -0.39 is 0 Å². The zero-order valence-electron chi connectivity index (χ0n) is 33.5. The zero-order chi connectivity index (χ0) is 39.7. The average Bonchev–Trinajstić information content (AvgIpc) is 3.60. The van der Waals surface area contributed by atoms with Crippen LogP contribution in [-0.2, 0) is 0 Å². The molecule has 1 aromatic heterocycles. The van der Waals surface area contributed by atoms with Gasteiger partial charge in [-0.1, -0.05) is 177 Å². The van der Waals surface area contributed by atoms with Crippen molar-refractivity contribution < 1.29 is 0 Å². The van der Waals surface area contributed by atoms with Crippen molar-refractivity contribution >= 4 is 50.8 Å². The van der Waals surface area contributed by atoms with Gasteiger partial charge in [-0.2, -0.15) is 0 Å². The minimum Gasteiger partial charge on any atom is -0.344 e. The number of nitrogens with zero attached hydrogens (tertiary/aromatic N) is 2. The fourth-order valence-electron chi connectivity index (χ4n) is 7.68. The van der Waals surface area contributed by atoms with E-state index in [0.29, 0.717) is 0 Å². The van der Waals surface area contributed by atoms with Gasteiger partial charge in [-0.15, -0.1) is 0 Å². The van der Waals surface area contributed by atoms with Crippen molar-refractivity contribution in [2.75, 3.05) is 11.9 Å². The molecule has 2 heteroatoms. The van der Waals surface area contributed by atoms with E-state index in [-0.39, 0.29) is 0 Å². The molecule has 0 radical (unpaired) electrons. The second-order valence-electron chi connectivity index (χ2n) is 14.2. The number of hydrogen-bond donors (Lipinski definition) is 0. The molecule has 0 aliphatic carbocycles. The van der Waals surface area contributed by atoms with Crippen LogP contribution in [-0.4, -0.2) is 11.6 Å². The summed E-state index contributed by atoms with van der Waals surface area (Å²) in [6.07, 6.45) is 11.5. The SMILES string of the molecule is C=Cc1c(C=C)n(-c2ccc(-c3ccc(C(/C=C\C)=C/CC)cc3)cc2)c2ccc(N(C)c3ccc4ccccc4c3)c(-c3ccccc3)c12.Cc1ccccc1. The highest BCUT2D eigenvalue weighted by atomic mass is 15.1. The molecule has 0 saturated heterocycles. The lowest BCUT2D eigenvalue weighted by Gasteiger charge is -2.24. The molecule has 57 heavy (non-hydrogen) atoms. The Morgan fingerprint density at radius 3 is 1.88 bits per heavy atom. The molecule has 0 atom stereocenters. The normalized spacial score (nSPS) is 11.4. The first-order valence-corrected chi connectivity index (χ1v) is 19.8. The minimum atomic E-state index is 1.01. The predicted octanol–water partition coefficient (Wildman–Crippen LogP) is 15.5. The second-order valence-corrected chi connectivity index (χ2v) is 14.2. The molecule has 2 nitrogen and oxygen atoms in total. The Morgan fingerprint density at radius 1 is 0.649 bits per heavy atom. The topological polar surface area (TPSA) is 8.17 Å². The van der Waals surface area contributed by atoms with Gasteiger partial charge in [-0.05, 0) is 101 Å². The highest BCUT2D eigenvalue weighted by Gasteiger charge is 2.23. The van der Waals surface area contributed by atoms with Gasteiger partial charge in [0.2, 0.25) is 0 Å². The summed E-state index contributed by atoms with van der Waals surface area (Å²) in [4.78, 5) is 2.30. The van der Waals surface area contributed by atoms with E-state index in [1.807, 2.05) is 30.4 Å². The molecule has 0 fully saturated rings. The fourth-order valence-corrected chi connectivity index (χ4v) is 7.68. The number of benzene rings is 7. The number of aryl methyl sites for hydroxylation is 1. The Hall–Kier alpha value is -6.90. The van der Waals surface area contributed by atoms with Gasteiger partial charge in [-0.3, -0.25) is 0 Å². The van der Waals surface area contributed by atoms with E-state index in [2.05, 4.69) is 214 Å². The van der Waals surface area contributed by atoms with Crippen LogP contribution < -0.4 is 4.90 Å². The molecule has 0 amide bonds. The largest absolute Gasteiger partial charge is 0.344 e. The number of rotatable bonds is 10. The number of anilines is 2. The van der Waals surface area contributed by atoms with E-state index in [9.17, 15) is 0 Å². The summed E-state index contributed by atoms with van der Waals surface area (Å²) >= 11 is 0. The number of hydrogen-bond acceptors (Lipinski definition) is 1. The van der Waals surface area contributed by atoms with E-state index in [1.165, 1.54) is 44.2 Å². The van der Waals surface area contributed by atoms with Crippen molar-refractivity contribution in [2.24, 2.45) is 0 Å². The fraction of sp³-hybridized carbons (Fsp3) is 0.0909. The third-order valence-electron chi connectivity index (χ3n) is 10.5. The molecule has 0 saturated carbocycles. The Bertz CT molecular complexity index is 2690. The number of fused-ring (bicyclic) bond motifs is 2. The van der Waals surface area contributed by atoms with Crippen molar-refractivity contribution in [1.82, 2.24) is 4.57 Å². The number of aromatic nitrogens is 1. The van der Waals surface area contributed by atoms with Gasteiger partial charge in [-0.25, -0.2) is 0 Å². The van der Waals surface area contributed by atoms with Crippen LogP contribution >= 0.6 is 0 Å². The lowest BCUT2D eigenvalue weighted by molar-refractivity contribution is 1.11. The molecule has 8 aromatic rings. The molecule has 280 valence electrons. The summed E-state index contributed by atoms with van der Waals surface area (Å²) in [5.74, 6) is 0. The van der Waals surface area contributed by atoms with E-state index in [1.54, 1.807) is 0 Å². The van der Waals surface area contributed by atoms with Gasteiger partial charge in [0.15, 0.2) is 0 Å². The maximum absolute atomic E-state index is 4.31. The van der Waals surface area contributed by atoms with Gasteiger partial charge in [0.25, 0.3) is 0 Å². The molecule has 0 bridgehead atoms. The summed E-state index contributed by atoms with van der Waals surface area (Å²) < 4.78 is 2.32. The monoisotopic (exact) mass is 738 g/mol. The van der Waals surface area contributed by atoms with Crippen molar-refractivity contribution in [3.63, 3.8) is 0 Å². The predicted molar refractivity (Wildman–Crippen MR) is 251 cm³/mol. The Kier molecular flexibility index (Phi) is 11.9. The molecule has 0 unspecified atom stereocenters. The second kappa shape index (κ2) is 17.7. The first-order chi connectivity index (χ1) is 27.9. The van der Waals surface area contributed by atoms with Crippen LogP contribution in [0.1, 0.15) is 42.7 Å². The van der Waals surface area contributed by atoms with Gasteiger partial charge < -0.3 is 9.47 Å². The summed E-state index contributed by atoms with van der Waals surface area (Å²) in [5, 5.41) is 3.61. The van der Waals surface area contributed by atoms with Gasteiger partial charge in [0.1, 0.15) is 0 Å². The van der Waals surface area contributed by atoms with Gasteiger partial charge >= 0.3 is 0 Å². The lowest BCUT2D eigenvalue weighted by atomic mass is 9.95. The minimum absolute atomic E-state index is 1.01. The third-order valence-corrected chi connectivity index (χ3v) is 10.5. The highest BCUT2D eigenvalue weighted by Crippen LogP contribution is 2.45. The van der Waals surface area contributed by atoms with Crippen LogP contribution in [0.5, 0.6) is 0 Å².